The van der Waals surface area contributed by atoms with Gasteiger partial charge in [0.1, 0.15) is 23.3 Å². The maximum absolute atomic E-state index is 13.2. The summed E-state index contributed by atoms with van der Waals surface area (Å²) >= 11 is 0. The van der Waals surface area contributed by atoms with Crippen LogP contribution >= 0.6 is 0 Å². The summed E-state index contributed by atoms with van der Waals surface area (Å²) in [4.78, 5) is 31.8. The number of benzene rings is 2. The van der Waals surface area contributed by atoms with E-state index in [1.54, 1.807) is 60.8 Å². The zero-order valence-electron chi connectivity index (χ0n) is 18.5. The summed E-state index contributed by atoms with van der Waals surface area (Å²) in [6.45, 7) is 5.67. The van der Waals surface area contributed by atoms with Crippen molar-refractivity contribution < 1.29 is 24.5 Å². The minimum Gasteiger partial charge on any atom is -0.507 e. The van der Waals surface area contributed by atoms with Crippen molar-refractivity contribution in [3.8, 4) is 11.5 Å². The molecule has 1 atom stereocenters. The molecule has 0 aliphatic carbocycles. The molecule has 3 aromatic rings. The minimum absolute atomic E-state index is 0.0174. The number of ether oxygens (including phenoxy) is 1. The van der Waals surface area contributed by atoms with Gasteiger partial charge in [-0.3, -0.25) is 19.5 Å². The Morgan fingerprint density at radius 3 is 2.42 bits per heavy atom. The number of pyridine rings is 1. The number of aromatic hydroxyl groups is 1. The summed E-state index contributed by atoms with van der Waals surface area (Å²) in [6.07, 6.45) is 1.53. The van der Waals surface area contributed by atoms with Gasteiger partial charge in [0.05, 0.1) is 23.1 Å². The van der Waals surface area contributed by atoms with Crippen LogP contribution in [0.25, 0.3) is 5.76 Å². The van der Waals surface area contributed by atoms with Crippen molar-refractivity contribution in [3.63, 3.8) is 0 Å². The van der Waals surface area contributed by atoms with Gasteiger partial charge in [0.25, 0.3) is 11.7 Å². The van der Waals surface area contributed by atoms with Crippen molar-refractivity contribution in [2.24, 2.45) is 0 Å². The molecule has 0 saturated carbocycles. The molecule has 33 heavy (non-hydrogen) atoms. The average molecular weight is 444 g/mol. The monoisotopic (exact) mass is 444 g/mol. The fourth-order valence-corrected chi connectivity index (χ4v) is 3.90. The van der Waals surface area contributed by atoms with Gasteiger partial charge in [0, 0.05) is 11.8 Å². The number of phenolic OH excluding ortho intramolecular Hbond substituents is 1. The normalized spacial score (nSPS) is 17.6. The Bertz CT molecular complexity index is 1250. The number of aliphatic hydroxyl groups excluding tert-OH is 1. The number of hydrogen-bond acceptors (Lipinski definition) is 6. The summed E-state index contributed by atoms with van der Waals surface area (Å²) in [6, 6.07) is 15.4. The minimum atomic E-state index is -1.01. The first-order valence-corrected chi connectivity index (χ1v) is 10.6. The number of rotatable bonds is 5. The van der Waals surface area contributed by atoms with Crippen LogP contribution in [-0.4, -0.2) is 33.0 Å². The Kier molecular flexibility index (Phi) is 5.87. The van der Waals surface area contributed by atoms with E-state index in [0.29, 0.717) is 17.0 Å². The van der Waals surface area contributed by atoms with Gasteiger partial charge < -0.3 is 14.9 Å². The molecule has 2 heterocycles. The fraction of sp³-hybridized carbons (Fsp3) is 0.192. The van der Waals surface area contributed by atoms with Gasteiger partial charge in [-0.1, -0.05) is 18.2 Å². The lowest BCUT2D eigenvalue weighted by Gasteiger charge is -2.25. The van der Waals surface area contributed by atoms with E-state index in [1.807, 2.05) is 20.8 Å². The predicted molar refractivity (Wildman–Crippen MR) is 124 cm³/mol. The molecule has 1 unspecified atom stereocenters. The molecule has 1 amide bonds. The van der Waals surface area contributed by atoms with Crippen molar-refractivity contribution in [2.45, 2.75) is 32.9 Å². The summed E-state index contributed by atoms with van der Waals surface area (Å²) < 4.78 is 5.76. The van der Waals surface area contributed by atoms with Crippen LogP contribution in [0.15, 0.2) is 72.4 Å². The number of ketones is 1. The highest BCUT2D eigenvalue weighted by molar-refractivity contribution is 6.51. The first-order chi connectivity index (χ1) is 15.8. The number of anilines is 1. The largest absolute Gasteiger partial charge is 0.507 e. The van der Waals surface area contributed by atoms with Crippen LogP contribution in [0.4, 0.5) is 5.69 Å². The van der Waals surface area contributed by atoms with E-state index in [9.17, 15) is 19.8 Å². The SMILES string of the molecule is Cc1cc(/C(O)=C2/C(=O)C(=O)N(c3ccccc3O)C2c2ccccn2)ccc1OC(C)C. The zero-order chi connectivity index (χ0) is 23.7. The number of Topliss-reactive ketones (excluding diaryl/α,β-unsaturated/α-hetero) is 1. The molecule has 1 aliphatic heterocycles. The number of para-hydroxylation sites is 2. The number of amides is 1. The molecular weight excluding hydrogens is 420 g/mol. The molecule has 0 bridgehead atoms. The topological polar surface area (TPSA) is 100.0 Å². The highest BCUT2D eigenvalue weighted by Crippen LogP contribution is 2.44. The molecule has 4 rings (SSSR count). The molecule has 1 saturated heterocycles. The second kappa shape index (κ2) is 8.78. The predicted octanol–water partition coefficient (Wildman–Crippen LogP) is 4.51. The first kappa shape index (κ1) is 22.1. The molecule has 7 heteroatoms. The molecule has 7 nitrogen and oxygen atoms in total. The van der Waals surface area contributed by atoms with Crippen LogP contribution in [0.2, 0.25) is 0 Å². The van der Waals surface area contributed by atoms with E-state index >= 15 is 0 Å². The molecular formula is C26H24N2O5. The highest BCUT2D eigenvalue weighted by atomic mass is 16.5. The van der Waals surface area contributed by atoms with E-state index in [-0.39, 0.29) is 28.9 Å². The number of aromatic nitrogens is 1. The average Bonchev–Trinajstić information content (AvgIpc) is 3.06. The lowest BCUT2D eigenvalue weighted by molar-refractivity contribution is -0.132. The molecule has 0 radical (unpaired) electrons. The van der Waals surface area contributed by atoms with Crippen LogP contribution < -0.4 is 9.64 Å². The van der Waals surface area contributed by atoms with Crippen molar-refractivity contribution >= 4 is 23.1 Å². The molecule has 1 aromatic heterocycles. The standard InChI is InChI=1S/C26H24N2O5/c1-15(2)33-21-12-11-17(14-16(21)3)24(30)22-23(18-8-6-7-13-27-18)28(26(32)25(22)31)19-9-4-5-10-20(19)29/h4-15,23,29-30H,1-3H3/b24-22-. The van der Waals surface area contributed by atoms with Crippen molar-refractivity contribution in [1.82, 2.24) is 4.98 Å². The van der Waals surface area contributed by atoms with Gasteiger partial charge in [-0.25, -0.2) is 0 Å². The van der Waals surface area contributed by atoms with Gasteiger partial charge in [0.2, 0.25) is 0 Å². The van der Waals surface area contributed by atoms with E-state index in [2.05, 4.69) is 4.98 Å². The van der Waals surface area contributed by atoms with Gasteiger partial charge in [-0.15, -0.1) is 0 Å². The number of aliphatic hydroxyl groups is 1. The number of phenols is 1. The lowest BCUT2D eigenvalue weighted by Crippen LogP contribution is -2.29. The van der Waals surface area contributed by atoms with Crippen molar-refractivity contribution in [2.75, 3.05) is 4.90 Å². The van der Waals surface area contributed by atoms with E-state index in [0.717, 1.165) is 5.56 Å². The van der Waals surface area contributed by atoms with E-state index in [1.165, 1.54) is 11.0 Å². The number of aryl methyl sites for hydroxylation is 1. The Hall–Kier alpha value is -4.13. The summed E-state index contributed by atoms with van der Waals surface area (Å²) in [7, 11) is 0. The summed E-state index contributed by atoms with van der Waals surface area (Å²) in [5.74, 6) is -1.53. The van der Waals surface area contributed by atoms with Crippen LogP contribution in [0.1, 0.15) is 36.7 Å². The molecule has 0 spiro atoms. The number of carbonyl (C=O) groups excluding carboxylic acids is 2. The number of carbonyl (C=O) groups is 2. The van der Waals surface area contributed by atoms with Gasteiger partial charge in [0.15, 0.2) is 0 Å². The first-order valence-electron chi connectivity index (χ1n) is 10.6. The summed E-state index contributed by atoms with van der Waals surface area (Å²) in [5.41, 5.74) is 1.60. The third-order valence-electron chi connectivity index (χ3n) is 5.36. The van der Waals surface area contributed by atoms with Crippen LogP contribution in [0, 0.1) is 6.92 Å². The van der Waals surface area contributed by atoms with E-state index < -0.39 is 17.7 Å². The van der Waals surface area contributed by atoms with Gasteiger partial charge >= 0.3 is 0 Å². The van der Waals surface area contributed by atoms with E-state index in [4.69, 9.17) is 4.74 Å². The zero-order valence-corrected chi connectivity index (χ0v) is 18.5. The third kappa shape index (κ3) is 4.05. The smallest absolute Gasteiger partial charge is 0.300 e. The van der Waals surface area contributed by atoms with Crippen molar-refractivity contribution in [1.29, 1.82) is 0 Å². The van der Waals surface area contributed by atoms with Crippen molar-refractivity contribution in [3.05, 3.63) is 89.3 Å². The maximum atomic E-state index is 13.2. The molecule has 168 valence electrons. The Morgan fingerprint density at radius 2 is 1.79 bits per heavy atom. The Morgan fingerprint density at radius 1 is 1.06 bits per heavy atom. The van der Waals surface area contributed by atoms with Crippen LogP contribution in [0.3, 0.4) is 0 Å². The van der Waals surface area contributed by atoms with Crippen LogP contribution in [0.5, 0.6) is 11.5 Å². The molecule has 1 aliphatic rings. The molecule has 2 aromatic carbocycles. The van der Waals surface area contributed by atoms with Crippen LogP contribution in [-0.2, 0) is 9.59 Å². The highest BCUT2D eigenvalue weighted by Gasteiger charge is 2.48. The summed E-state index contributed by atoms with van der Waals surface area (Å²) in [5, 5.41) is 21.6. The number of hydrogen-bond donors (Lipinski definition) is 2. The third-order valence-corrected chi connectivity index (χ3v) is 5.36. The molecule has 1 fully saturated rings. The number of nitrogens with zero attached hydrogens (tertiary/aromatic N) is 2. The Balaban J connectivity index is 1.90. The second-order valence-electron chi connectivity index (χ2n) is 8.06. The quantitative estimate of drug-likeness (QED) is 0.341. The second-order valence-corrected chi connectivity index (χ2v) is 8.06. The fourth-order valence-electron chi connectivity index (χ4n) is 3.90. The maximum Gasteiger partial charge on any atom is 0.300 e. The molecule has 2 N–H and O–H groups in total. The Labute approximate surface area is 191 Å². The lowest BCUT2D eigenvalue weighted by atomic mass is 9.97. The van der Waals surface area contributed by atoms with Gasteiger partial charge in [-0.05, 0) is 68.8 Å². The van der Waals surface area contributed by atoms with Gasteiger partial charge in [-0.2, -0.15) is 0 Å².